The zero-order valence-electron chi connectivity index (χ0n) is 5.40. The molecule has 1 fully saturated rings. The topological polar surface area (TPSA) is 12.0 Å². The molecule has 1 heterocycles. The zero-order valence-corrected chi connectivity index (χ0v) is 9.89. The Morgan fingerprint density at radius 2 is 1.89 bits per heavy atom. The molecule has 1 aliphatic rings. The summed E-state index contributed by atoms with van der Waals surface area (Å²) >= 11 is 2.48. The molecular formula is C6H13I2N. The molecule has 0 spiro atoms. The Morgan fingerprint density at radius 1 is 1.33 bits per heavy atom. The molecule has 0 amide bonds. The van der Waals surface area contributed by atoms with Gasteiger partial charge in [-0.15, -0.1) is 24.0 Å². The van der Waals surface area contributed by atoms with Crippen molar-refractivity contribution in [3.8, 4) is 0 Å². The van der Waals surface area contributed by atoms with Gasteiger partial charge in [0.25, 0.3) is 0 Å². The monoisotopic (exact) mass is 353 g/mol. The van der Waals surface area contributed by atoms with E-state index in [1.165, 1.54) is 30.4 Å². The summed E-state index contributed by atoms with van der Waals surface area (Å²) in [6.07, 6.45) is 2.78. The average molecular weight is 353 g/mol. The Bertz CT molecular complexity index is 62.1. The van der Waals surface area contributed by atoms with Crippen LogP contribution in [0.3, 0.4) is 0 Å². The molecule has 1 nitrogen and oxygen atoms in total. The Morgan fingerprint density at radius 3 is 2.22 bits per heavy atom. The van der Waals surface area contributed by atoms with Crippen molar-refractivity contribution in [1.82, 2.24) is 5.32 Å². The SMILES string of the molecule is I.ICC1CCNCC1. The van der Waals surface area contributed by atoms with Crippen LogP contribution in [-0.4, -0.2) is 17.5 Å². The highest BCUT2D eigenvalue weighted by Gasteiger charge is 2.09. The first-order chi connectivity index (χ1) is 3.93. The second-order valence-corrected chi connectivity index (χ2v) is 3.23. The molecule has 1 aliphatic heterocycles. The molecule has 0 aliphatic carbocycles. The zero-order chi connectivity index (χ0) is 5.82. The predicted molar refractivity (Wildman–Crippen MR) is 59.9 cm³/mol. The first kappa shape index (κ1) is 10.4. The highest BCUT2D eigenvalue weighted by Crippen LogP contribution is 2.13. The largest absolute Gasteiger partial charge is 0.317 e. The molecule has 0 bridgehead atoms. The van der Waals surface area contributed by atoms with E-state index in [1.54, 1.807) is 0 Å². The highest BCUT2D eigenvalue weighted by molar-refractivity contribution is 14.1. The minimum atomic E-state index is 0. The van der Waals surface area contributed by atoms with Gasteiger partial charge in [-0.25, -0.2) is 0 Å². The van der Waals surface area contributed by atoms with Crippen LogP contribution in [0.5, 0.6) is 0 Å². The lowest BCUT2D eigenvalue weighted by Crippen LogP contribution is -2.28. The van der Waals surface area contributed by atoms with Crippen LogP contribution in [-0.2, 0) is 0 Å². The molecule has 56 valence electrons. The number of alkyl halides is 1. The summed E-state index contributed by atoms with van der Waals surface area (Å²) in [5.74, 6) is 1.01. The molecule has 0 aromatic heterocycles. The normalized spacial score (nSPS) is 21.0. The maximum atomic E-state index is 3.35. The van der Waals surface area contributed by atoms with Crippen molar-refractivity contribution in [1.29, 1.82) is 0 Å². The maximum Gasteiger partial charge on any atom is 0.00246 e. The highest BCUT2D eigenvalue weighted by atomic mass is 127. The molecule has 9 heavy (non-hydrogen) atoms. The third-order valence-corrected chi connectivity index (χ3v) is 2.92. The van der Waals surface area contributed by atoms with Gasteiger partial charge in [-0.1, -0.05) is 22.6 Å². The number of hydrogen-bond acceptors (Lipinski definition) is 1. The van der Waals surface area contributed by atoms with Crippen LogP contribution in [0.15, 0.2) is 0 Å². The smallest absolute Gasteiger partial charge is 0.00246 e. The van der Waals surface area contributed by atoms with E-state index in [-0.39, 0.29) is 24.0 Å². The fraction of sp³-hybridized carbons (Fsp3) is 1.00. The van der Waals surface area contributed by atoms with E-state index in [1.807, 2.05) is 0 Å². The number of rotatable bonds is 1. The minimum absolute atomic E-state index is 0. The van der Waals surface area contributed by atoms with E-state index in [0.717, 1.165) is 5.92 Å². The molecule has 0 aromatic rings. The van der Waals surface area contributed by atoms with Gasteiger partial charge in [0.1, 0.15) is 0 Å². The summed E-state index contributed by atoms with van der Waals surface area (Å²) in [6.45, 7) is 2.49. The lowest BCUT2D eigenvalue weighted by Gasteiger charge is -2.19. The van der Waals surface area contributed by atoms with Crippen LogP contribution in [0.2, 0.25) is 0 Å². The number of nitrogens with one attached hydrogen (secondary N) is 1. The van der Waals surface area contributed by atoms with Gasteiger partial charge >= 0.3 is 0 Å². The molecule has 0 aromatic carbocycles. The van der Waals surface area contributed by atoms with Gasteiger partial charge in [-0.05, 0) is 31.8 Å². The molecule has 0 saturated carbocycles. The van der Waals surface area contributed by atoms with Gasteiger partial charge in [-0.2, -0.15) is 0 Å². The van der Waals surface area contributed by atoms with Crippen molar-refractivity contribution in [2.75, 3.05) is 17.5 Å². The van der Waals surface area contributed by atoms with Gasteiger partial charge in [0.05, 0.1) is 0 Å². The standard InChI is InChI=1S/C6H12IN.HI/c7-5-6-1-3-8-4-2-6;/h6,8H,1-5H2;1H. The number of hydrogen-bond donors (Lipinski definition) is 1. The first-order valence-electron chi connectivity index (χ1n) is 3.20. The van der Waals surface area contributed by atoms with Crippen LogP contribution in [0.4, 0.5) is 0 Å². The summed E-state index contributed by atoms with van der Waals surface area (Å²) in [4.78, 5) is 0. The summed E-state index contributed by atoms with van der Waals surface area (Å²) < 4.78 is 1.35. The van der Waals surface area contributed by atoms with E-state index in [4.69, 9.17) is 0 Å². The average Bonchev–Trinajstić information content (AvgIpc) is 1.90. The van der Waals surface area contributed by atoms with E-state index in [0.29, 0.717) is 0 Å². The number of piperidine rings is 1. The Labute approximate surface area is 87.5 Å². The van der Waals surface area contributed by atoms with Crippen molar-refractivity contribution >= 4 is 46.6 Å². The van der Waals surface area contributed by atoms with Crippen LogP contribution in [0, 0.1) is 5.92 Å². The Kier molecular flexibility index (Phi) is 7.12. The van der Waals surface area contributed by atoms with Gasteiger partial charge in [0, 0.05) is 4.43 Å². The minimum Gasteiger partial charge on any atom is -0.317 e. The van der Waals surface area contributed by atoms with Crippen LogP contribution in [0.25, 0.3) is 0 Å². The molecule has 1 saturated heterocycles. The summed E-state index contributed by atoms with van der Waals surface area (Å²) in [6, 6.07) is 0. The Hall–Kier alpha value is 1.42. The molecule has 3 heteroatoms. The molecule has 1 rings (SSSR count). The third-order valence-electron chi connectivity index (χ3n) is 1.68. The van der Waals surface area contributed by atoms with Gasteiger partial charge < -0.3 is 5.32 Å². The summed E-state index contributed by atoms with van der Waals surface area (Å²) in [5.41, 5.74) is 0. The summed E-state index contributed by atoms with van der Waals surface area (Å²) in [7, 11) is 0. The van der Waals surface area contributed by atoms with Crippen LogP contribution < -0.4 is 5.32 Å². The quantitative estimate of drug-likeness (QED) is 0.562. The van der Waals surface area contributed by atoms with Gasteiger partial charge in [-0.3, -0.25) is 0 Å². The van der Waals surface area contributed by atoms with Crippen molar-refractivity contribution < 1.29 is 0 Å². The van der Waals surface area contributed by atoms with Gasteiger partial charge in [0.2, 0.25) is 0 Å². The molecule has 1 N–H and O–H groups in total. The molecule has 0 unspecified atom stereocenters. The van der Waals surface area contributed by atoms with E-state index >= 15 is 0 Å². The van der Waals surface area contributed by atoms with Crippen LogP contribution in [0.1, 0.15) is 12.8 Å². The second kappa shape index (κ2) is 6.15. The van der Waals surface area contributed by atoms with E-state index < -0.39 is 0 Å². The lowest BCUT2D eigenvalue weighted by molar-refractivity contribution is 0.412. The van der Waals surface area contributed by atoms with Crippen LogP contribution >= 0.6 is 46.6 Å². The summed E-state index contributed by atoms with van der Waals surface area (Å²) in [5, 5.41) is 3.35. The van der Waals surface area contributed by atoms with Gasteiger partial charge in [0.15, 0.2) is 0 Å². The van der Waals surface area contributed by atoms with E-state index in [2.05, 4.69) is 27.9 Å². The fourth-order valence-corrected chi connectivity index (χ4v) is 1.92. The van der Waals surface area contributed by atoms with Crippen molar-refractivity contribution in [2.45, 2.75) is 12.8 Å². The fourth-order valence-electron chi connectivity index (χ4n) is 1.04. The second-order valence-electron chi connectivity index (χ2n) is 2.35. The Balaban J connectivity index is 0.000000640. The van der Waals surface area contributed by atoms with Crippen molar-refractivity contribution in [3.05, 3.63) is 0 Å². The maximum absolute atomic E-state index is 3.35. The van der Waals surface area contributed by atoms with Crippen molar-refractivity contribution in [3.63, 3.8) is 0 Å². The first-order valence-corrected chi connectivity index (χ1v) is 4.72. The van der Waals surface area contributed by atoms with Crippen molar-refractivity contribution in [2.24, 2.45) is 5.92 Å². The predicted octanol–water partition coefficient (Wildman–Crippen LogP) is 2.04. The molecule has 0 atom stereocenters. The lowest BCUT2D eigenvalue weighted by atomic mass is 10.0. The van der Waals surface area contributed by atoms with E-state index in [9.17, 15) is 0 Å². The molecule has 0 radical (unpaired) electrons. The molecular weight excluding hydrogens is 340 g/mol. The number of halogens is 2. The third kappa shape index (κ3) is 3.98.